The summed E-state index contributed by atoms with van der Waals surface area (Å²) in [6.07, 6.45) is 1.56. The zero-order valence-corrected chi connectivity index (χ0v) is 8.10. The number of Topliss-reactive ketones (excluding diaryl/α,β-unsaturated/α-hetero) is 1. The second kappa shape index (κ2) is 3.57. The molecular weight excluding hydrogens is 192 g/mol. The van der Waals surface area contributed by atoms with Crippen molar-refractivity contribution in [3.63, 3.8) is 0 Å². The van der Waals surface area contributed by atoms with Crippen LogP contribution >= 0.6 is 0 Å². The number of aromatic nitrogens is 2. The summed E-state index contributed by atoms with van der Waals surface area (Å²) in [7, 11) is 0. The summed E-state index contributed by atoms with van der Waals surface area (Å²) in [4.78, 5) is 29.5. The highest BCUT2D eigenvalue weighted by Crippen LogP contribution is 2.15. The first kappa shape index (κ1) is 9.45. The highest BCUT2D eigenvalue weighted by molar-refractivity contribution is 6.35. The molecule has 0 atom stereocenters. The predicted molar refractivity (Wildman–Crippen MR) is 54.7 cm³/mol. The van der Waals surface area contributed by atoms with E-state index < -0.39 is 5.78 Å². The van der Waals surface area contributed by atoms with E-state index in [1.54, 1.807) is 6.07 Å². The highest BCUT2D eigenvalue weighted by atomic mass is 16.2. The SMILES string of the molecule is Cc1ccc2c(C(=O)C=O)ncnc2c1. The summed E-state index contributed by atoms with van der Waals surface area (Å²) >= 11 is 0. The van der Waals surface area contributed by atoms with Crippen molar-refractivity contribution in [2.24, 2.45) is 0 Å². The smallest absolute Gasteiger partial charge is 0.244 e. The summed E-state index contributed by atoms with van der Waals surface area (Å²) < 4.78 is 0. The molecule has 0 aliphatic heterocycles. The quantitative estimate of drug-likeness (QED) is 0.416. The molecule has 2 rings (SSSR count). The number of fused-ring (bicyclic) bond motifs is 1. The molecule has 0 spiro atoms. The second-order valence-electron chi connectivity index (χ2n) is 3.22. The lowest BCUT2D eigenvalue weighted by atomic mass is 10.1. The van der Waals surface area contributed by atoms with E-state index in [1.165, 1.54) is 6.33 Å². The number of hydrogen-bond donors (Lipinski definition) is 0. The summed E-state index contributed by atoms with van der Waals surface area (Å²) in [6, 6.07) is 5.45. The molecule has 2 aromatic rings. The van der Waals surface area contributed by atoms with E-state index in [1.807, 2.05) is 19.1 Å². The van der Waals surface area contributed by atoms with Crippen LogP contribution in [0, 0.1) is 6.92 Å². The number of carbonyl (C=O) groups is 2. The number of ketones is 1. The fourth-order valence-corrected chi connectivity index (χ4v) is 1.42. The fourth-order valence-electron chi connectivity index (χ4n) is 1.42. The Hall–Kier alpha value is -2.10. The number of benzene rings is 1. The fraction of sp³-hybridized carbons (Fsp3) is 0.0909. The minimum atomic E-state index is -0.619. The lowest BCUT2D eigenvalue weighted by Gasteiger charge is -2.01. The maximum absolute atomic E-state index is 11.3. The van der Waals surface area contributed by atoms with Gasteiger partial charge in [-0.2, -0.15) is 0 Å². The van der Waals surface area contributed by atoms with Gasteiger partial charge in [-0.05, 0) is 18.6 Å². The van der Waals surface area contributed by atoms with Gasteiger partial charge in [-0.25, -0.2) is 9.97 Å². The van der Waals surface area contributed by atoms with Crippen molar-refractivity contribution in [3.05, 3.63) is 35.8 Å². The molecule has 0 N–H and O–H groups in total. The first-order valence-corrected chi connectivity index (χ1v) is 4.43. The van der Waals surface area contributed by atoms with Gasteiger partial charge in [0.2, 0.25) is 5.78 Å². The first-order valence-electron chi connectivity index (χ1n) is 4.43. The molecule has 0 bridgehead atoms. The van der Waals surface area contributed by atoms with Gasteiger partial charge < -0.3 is 0 Å². The van der Waals surface area contributed by atoms with Gasteiger partial charge in [0.05, 0.1) is 5.52 Å². The van der Waals surface area contributed by atoms with Crippen LogP contribution in [0.15, 0.2) is 24.5 Å². The third-order valence-corrected chi connectivity index (χ3v) is 2.13. The minimum Gasteiger partial charge on any atom is -0.294 e. The van der Waals surface area contributed by atoms with Gasteiger partial charge in [-0.15, -0.1) is 0 Å². The molecule has 0 fully saturated rings. The molecule has 4 heteroatoms. The van der Waals surface area contributed by atoms with Crippen molar-refractivity contribution in [1.82, 2.24) is 9.97 Å². The zero-order valence-electron chi connectivity index (χ0n) is 8.10. The molecule has 0 saturated heterocycles. The first-order chi connectivity index (χ1) is 7.22. The van der Waals surface area contributed by atoms with Crippen molar-refractivity contribution >= 4 is 23.0 Å². The van der Waals surface area contributed by atoms with Crippen molar-refractivity contribution in [3.8, 4) is 0 Å². The lowest BCUT2D eigenvalue weighted by molar-refractivity contribution is -0.104. The van der Waals surface area contributed by atoms with Crippen LogP contribution in [-0.4, -0.2) is 22.0 Å². The molecule has 0 amide bonds. The topological polar surface area (TPSA) is 59.9 Å². The van der Waals surface area contributed by atoms with Crippen LogP contribution in [0.1, 0.15) is 16.1 Å². The van der Waals surface area contributed by atoms with E-state index in [0.29, 0.717) is 10.9 Å². The molecule has 0 radical (unpaired) electrons. The van der Waals surface area contributed by atoms with Gasteiger partial charge in [0.1, 0.15) is 12.0 Å². The van der Waals surface area contributed by atoms with E-state index in [4.69, 9.17) is 0 Å². The molecule has 15 heavy (non-hydrogen) atoms. The van der Waals surface area contributed by atoms with Crippen LogP contribution in [0.2, 0.25) is 0 Å². The summed E-state index contributed by atoms with van der Waals surface area (Å²) in [5.41, 5.74) is 1.89. The van der Waals surface area contributed by atoms with Crippen LogP contribution in [0.25, 0.3) is 10.9 Å². The van der Waals surface area contributed by atoms with Gasteiger partial charge in [0.25, 0.3) is 0 Å². The Bertz CT molecular complexity index is 549. The molecule has 0 aliphatic rings. The van der Waals surface area contributed by atoms with E-state index >= 15 is 0 Å². The Balaban J connectivity index is 2.76. The standard InChI is InChI=1S/C11H8N2O2/c1-7-2-3-8-9(4-7)12-6-13-11(8)10(15)5-14/h2-6H,1H3. The van der Waals surface area contributed by atoms with Crippen LogP contribution in [0.4, 0.5) is 0 Å². The summed E-state index contributed by atoms with van der Waals surface area (Å²) in [6.45, 7) is 1.93. The van der Waals surface area contributed by atoms with Gasteiger partial charge in [0, 0.05) is 5.39 Å². The number of aldehydes is 1. The van der Waals surface area contributed by atoms with Gasteiger partial charge in [-0.1, -0.05) is 12.1 Å². The predicted octanol–water partition coefficient (Wildman–Crippen LogP) is 1.32. The van der Waals surface area contributed by atoms with Crippen LogP contribution < -0.4 is 0 Å². The number of hydrogen-bond acceptors (Lipinski definition) is 4. The number of rotatable bonds is 2. The Kier molecular flexibility index (Phi) is 2.25. The molecule has 1 heterocycles. The van der Waals surface area contributed by atoms with Crippen LogP contribution in [-0.2, 0) is 4.79 Å². The van der Waals surface area contributed by atoms with E-state index in [-0.39, 0.29) is 12.0 Å². The van der Waals surface area contributed by atoms with Crippen molar-refractivity contribution in [1.29, 1.82) is 0 Å². The monoisotopic (exact) mass is 200 g/mol. The van der Waals surface area contributed by atoms with Gasteiger partial charge in [0.15, 0.2) is 6.29 Å². The van der Waals surface area contributed by atoms with Crippen molar-refractivity contribution < 1.29 is 9.59 Å². The molecule has 1 aromatic heterocycles. The van der Waals surface area contributed by atoms with Crippen LogP contribution in [0.5, 0.6) is 0 Å². The van der Waals surface area contributed by atoms with Gasteiger partial charge in [-0.3, -0.25) is 9.59 Å². The average molecular weight is 200 g/mol. The van der Waals surface area contributed by atoms with Crippen molar-refractivity contribution in [2.45, 2.75) is 6.92 Å². The number of carbonyl (C=O) groups excluding carboxylic acids is 2. The summed E-state index contributed by atoms with van der Waals surface area (Å²) in [5, 5.41) is 0.611. The van der Waals surface area contributed by atoms with E-state index in [2.05, 4.69) is 9.97 Å². The van der Waals surface area contributed by atoms with Crippen LogP contribution in [0.3, 0.4) is 0 Å². The molecule has 0 aliphatic carbocycles. The Morgan fingerprint density at radius 3 is 2.87 bits per heavy atom. The molecule has 0 unspecified atom stereocenters. The largest absolute Gasteiger partial charge is 0.294 e. The lowest BCUT2D eigenvalue weighted by Crippen LogP contribution is -2.04. The Morgan fingerprint density at radius 1 is 1.33 bits per heavy atom. The molecule has 1 aromatic carbocycles. The Morgan fingerprint density at radius 2 is 2.13 bits per heavy atom. The maximum atomic E-state index is 11.3. The van der Waals surface area contributed by atoms with Gasteiger partial charge >= 0.3 is 0 Å². The second-order valence-corrected chi connectivity index (χ2v) is 3.22. The molecular formula is C11H8N2O2. The number of aryl methyl sites for hydroxylation is 1. The highest BCUT2D eigenvalue weighted by Gasteiger charge is 2.10. The number of nitrogens with zero attached hydrogens (tertiary/aromatic N) is 2. The van der Waals surface area contributed by atoms with E-state index in [9.17, 15) is 9.59 Å². The third-order valence-electron chi connectivity index (χ3n) is 2.13. The molecule has 0 saturated carbocycles. The summed E-state index contributed by atoms with van der Waals surface area (Å²) in [5.74, 6) is -0.619. The Labute approximate surface area is 86.0 Å². The average Bonchev–Trinajstić information content (AvgIpc) is 2.26. The zero-order chi connectivity index (χ0) is 10.8. The molecule has 74 valence electrons. The normalized spacial score (nSPS) is 10.2. The third kappa shape index (κ3) is 1.61. The van der Waals surface area contributed by atoms with Crippen molar-refractivity contribution in [2.75, 3.05) is 0 Å². The maximum Gasteiger partial charge on any atom is 0.244 e. The molecule has 4 nitrogen and oxygen atoms in total. The van der Waals surface area contributed by atoms with E-state index in [0.717, 1.165) is 5.56 Å². The minimum absolute atomic E-state index is 0.162.